The van der Waals surface area contributed by atoms with Crippen LogP contribution in [0.15, 0.2) is 18.2 Å². The van der Waals surface area contributed by atoms with Gasteiger partial charge >= 0.3 is 0 Å². The summed E-state index contributed by atoms with van der Waals surface area (Å²) in [5, 5.41) is 18.8. The molecule has 17 heavy (non-hydrogen) atoms. The van der Waals surface area contributed by atoms with Gasteiger partial charge in [0.15, 0.2) is 0 Å². The summed E-state index contributed by atoms with van der Waals surface area (Å²) in [5.41, 5.74) is 2.23. The summed E-state index contributed by atoms with van der Waals surface area (Å²) in [6, 6.07) is 5.92. The minimum absolute atomic E-state index is 0.133. The van der Waals surface area contributed by atoms with Gasteiger partial charge in [0.25, 0.3) is 0 Å². The largest absolute Gasteiger partial charge is 0.493 e. The zero-order chi connectivity index (χ0) is 12.3. The second kappa shape index (κ2) is 5.52. The molecule has 1 aliphatic carbocycles. The molecule has 2 N–H and O–H groups in total. The van der Waals surface area contributed by atoms with Crippen LogP contribution in [-0.2, 0) is 6.42 Å². The summed E-state index contributed by atoms with van der Waals surface area (Å²) < 4.78 is 5.60. The van der Waals surface area contributed by atoms with E-state index in [1.54, 1.807) is 0 Å². The highest BCUT2D eigenvalue weighted by Crippen LogP contribution is 2.32. The quantitative estimate of drug-likeness (QED) is 0.841. The van der Waals surface area contributed by atoms with Crippen LogP contribution >= 0.6 is 0 Å². The smallest absolute Gasteiger partial charge is 0.119 e. The Balaban J connectivity index is 2.07. The Morgan fingerprint density at radius 2 is 2.29 bits per heavy atom. The molecule has 1 aromatic carbocycles. The molecular formula is C14H20O3. The fourth-order valence-electron chi connectivity index (χ4n) is 2.13. The highest BCUT2D eigenvalue weighted by Gasteiger charge is 2.18. The lowest BCUT2D eigenvalue weighted by atomic mass is 9.89. The van der Waals surface area contributed by atoms with Crippen molar-refractivity contribution in [3.63, 3.8) is 0 Å². The lowest BCUT2D eigenvalue weighted by Gasteiger charge is -2.22. The normalized spacial score (nSPS) is 20.8. The molecule has 2 rings (SSSR count). The van der Waals surface area contributed by atoms with Gasteiger partial charge in [0.1, 0.15) is 5.75 Å². The molecule has 0 radical (unpaired) electrons. The van der Waals surface area contributed by atoms with Gasteiger partial charge in [-0.05, 0) is 42.5 Å². The van der Waals surface area contributed by atoms with E-state index in [9.17, 15) is 5.11 Å². The van der Waals surface area contributed by atoms with Crippen molar-refractivity contribution in [1.29, 1.82) is 0 Å². The molecule has 0 aliphatic heterocycles. The topological polar surface area (TPSA) is 49.7 Å². The molecule has 0 aromatic heterocycles. The van der Waals surface area contributed by atoms with Crippen molar-refractivity contribution in [1.82, 2.24) is 0 Å². The van der Waals surface area contributed by atoms with Crippen LogP contribution in [0, 0.1) is 5.92 Å². The zero-order valence-corrected chi connectivity index (χ0v) is 10.2. The predicted molar refractivity (Wildman–Crippen MR) is 66.1 cm³/mol. The standard InChI is InChI=1S/C14H20O3/c1-10(8-15)9-17-12-6-5-11-3-2-4-14(16)13(11)7-12/h5-7,10,14-16H,2-4,8-9H2,1H3. The van der Waals surface area contributed by atoms with E-state index in [0.717, 1.165) is 30.6 Å². The van der Waals surface area contributed by atoms with Crippen LogP contribution in [0.4, 0.5) is 0 Å². The molecule has 2 atom stereocenters. The van der Waals surface area contributed by atoms with Crippen molar-refractivity contribution >= 4 is 0 Å². The zero-order valence-electron chi connectivity index (χ0n) is 10.2. The van der Waals surface area contributed by atoms with E-state index in [1.807, 2.05) is 25.1 Å². The molecule has 0 bridgehead atoms. The van der Waals surface area contributed by atoms with Crippen molar-refractivity contribution in [2.24, 2.45) is 5.92 Å². The van der Waals surface area contributed by atoms with E-state index < -0.39 is 0 Å². The second-order valence-corrected chi connectivity index (χ2v) is 4.87. The third-order valence-electron chi connectivity index (χ3n) is 3.25. The minimum Gasteiger partial charge on any atom is -0.493 e. The highest BCUT2D eigenvalue weighted by molar-refractivity contribution is 5.38. The van der Waals surface area contributed by atoms with Crippen LogP contribution in [-0.4, -0.2) is 23.4 Å². The first-order valence-electron chi connectivity index (χ1n) is 6.25. The molecule has 0 spiro atoms. The van der Waals surface area contributed by atoms with Gasteiger partial charge in [-0.15, -0.1) is 0 Å². The Bertz CT molecular complexity index is 376. The van der Waals surface area contributed by atoms with Crippen LogP contribution in [0.1, 0.15) is 37.0 Å². The molecule has 1 aromatic rings. The number of benzene rings is 1. The third-order valence-corrected chi connectivity index (χ3v) is 3.25. The van der Waals surface area contributed by atoms with Gasteiger partial charge in [-0.3, -0.25) is 0 Å². The van der Waals surface area contributed by atoms with Crippen LogP contribution < -0.4 is 4.74 Å². The maximum Gasteiger partial charge on any atom is 0.119 e. The van der Waals surface area contributed by atoms with Crippen molar-refractivity contribution in [3.05, 3.63) is 29.3 Å². The molecule has 3 heteroatoms. The highest BCUT2D eigenvalue weighted by atomic mass is 16.5. The van der Waals surface area contributed by atoms with Gasteiger partial charge in [-0.1, -0.05) is 13.0 Å². The van der Waals surface area contributed by atoms with E-state index in [0.29, 0.717) is 6.61 Å². The number of ether oxygens (including phenoxy) is 1. The molecule has 3 nitrogen and oxygen atoms in total. The monoisotopic (exact) mass is 236 g/mol. The molecule has 0 saturated heterocycles. The SMILES string of the molecule is CC(CO)COc1ccc2c(c1)C(O)CCC2. The summed E-state index contributed by atoms with van der Waals surface area (Å²) in [5.74, 6) is 0.918. The molecule has 0 saturated carbocycles. The molecule has 94 valence electrons. The molecule has 0 heterocycles. The second-order valence-electron chi connectivity index (χ2n) is 4.87. The maximum absolute atomic E-state index is 9.91. The summed E-state index contributed by atoms with van der Waals surface area (Å²) in [4.78, 5) is 0. The minimum atomic E-state index is -0.349. The Labute approximate surface area is 102 Å². The number of hydrogen-bond acceptors (Lipinski definition) is 3. The van der Waals surface area contributed by atoms with E-state index >= 15 is 0 Å². The van der Waals surface area contributed by atoms with Crippen LogP contribution in [0.25, 0.3) is 0 Å². The van der Waals surface area contributed by atoms with Crippen LogP contribution in [0.2, 0.25) is 0 Å². The average Bonchev–Trinajstić information content (AvgIpc) is 2.36. The summed E-state index contributed by atoms with van der Waals surface area (Å²) >= 11 is 0. The predicted octanol–water partition coefficient (Wildman–Crippen LogP) is 2.06. The lowest BCUT2D eigenvalue weighted by Crippen LogP contribution is -2.13. The van der Waals surface area contributed by atoms with Gasteiger partial charge in [0.2, 0.25) is 0 Å². The van der Waals surface area contributed by atoms with E-state index in [1.165, 1.54) is 5.56 Å². The first-order valence-corrected chi connectivity index (χ1v) is 6.25. The molecule has 0 amide bonds. The molecule has 1 aliphatic rings. The van der Waals surface area contributed by atoms with Crippen LogP contribution in [0.5, 0.6) is 5.75 Å². The van der Waals surface area contributed by atoms with Gasteiger partial charge in [0.05, 0.1) is 12.7 Å². The number of aliphatic hydroxyl groups excluding tert-OH is 2. The molecule has 0 fully saturated rings. The van der Waals surface area contributed by atoms with Gasteiger partial charge in [0, 0.05) is 12.5 Å². The summed E-state index contributed by atoms with van der Waals surface area (Å²) in [6.07, 6.45) is 2.58. The Hall–Kier alpha value is -1.06. The summed E-state index contributed by atoms with van der Waals surface area (Å²) in [7, 11) is 0. The first-order chi connectivity index (χ1) is 8.20. The van der Waals surface area contributed by atoms with Gasteiger partial charge in [-0.25, -0.2) is 0 Å². The van der Waals surface area contributed by atoms with Crippen molar-refractivity contribution in [2.45, 2.75) is 32.3 Å². The Kier molecular flexibility index (Phi) is 4.02. The average molecular weight is 236 g/mol. The fourth-order valence-corrected chi connectivity index (χ4v) is 2.13. The fraction of sp³-hybridized carbons (Fsp3) is 0.571. The third kappa shape index (κ3) is 2.99. The van der Waals surface area contributed by atoms with E-state index in [4.69, 9.17) is 9.84 Å². The van der Waals surface area contributed by atoms with E-state index in [2.05, 4.69) is 0 Å². The van der Waals surface area contributed by atoms with Crippen LogP contribution in [0.3, 0.4) is 0 Å². The molecule has 2 unspecified atom stereocenters. The van der Waals surface area contributed by atoms with E-state index in [-0.39, 0.29) is 18.6 Å². The lowest BCUT2D eigenvalue weighted by molar-refractivity contribution is 0.154. The van der Waals surface area contributed by atoms with Crippen molar-refractivity contribution < 1.29 is 14.9 Å². The number of aliphatic hydroxyl groups is 2. The van der Waals surface area contributed by atoms with Crippen molar-refractivity contribution in [2.75, 3.05) is 13.2 Å². The number of rotatable bonds is 4. The Morgan fingerprint density at radius 3 is 3.06 bits per heavy atom. The van der Waals surface area contributed by atoms with Gasteiger partial charge in [-0.2, -0.15) is 0 Å². The number of hydrogen-bond donors (Lipinski definition) is 2. The maximum atomic E-state index is 9.91. The van der Waals surface area contributed by atoms with Crippen molar-refractivity contribution in [3.8, 4) is 5.75 Å². The first kappa shape index (κ1) is 12.4. The molecular weight excluding hydrogens is 216 g/mol. The van der Waals surface area contributed by atoms with Gasteiger partial charge < -0.3 is 14.9 Å². The Morgan fingerprint density at radius 1 is 1.47 bits per heavy atom. The summed E-state index contributed by atoms with van der Waals surface area (Å²) in [6.45, 7) is 2.58. The number of fused-ring (bicyclic) bond motifs is 1. The number of aryl methyl sites for hydroxylation is 1.